The van der Waals surface area contributed by atoms with Gasteiger partial charge >= 0.3 is 0 Å². The fraction of sp³-hybridized carbons (Fsp3) is 0.769. The van der Waals surface area contributed by atoms with Crippen LogP contribution in [0.15, 0.2) is 6.20 Å². The quantitative estimate of drug-likeness (QED) is 0.869. The fourth-order valence-electron chi connectivity index (χ4n) is 2.13. The molecule has 4 heteroatoms. The molecule has 0 saturated carbocycles. The average molecular weight is 258 g/mol. The lowest BCUT2D eigenvalue weighted by Gasteiger charge is -2.34. The van der Waals surface area contributed by atoms with E-state index in [-0.39, 0.29) is 11.5 Å². The van der Waals surface area contributed by atoms with Crippen molar-refractivity contribution < 1.29 is 0 Å². The van der Waals surface area contributed by atoms with Gasteiger partial charge in [-0.15, -0.1) is 0 Å². The number of nitrogens with zero attached hydrogens (tertiary/aromatic N) is 2. The monoisotopic (exact) mass is 257 g/mol. The van der Waals surface area contributed by atoms with E-state index in [9.17, 15) is 0 Å². The van der Waals surface area contributed by atoms with Crippen molar-refractivity contribution in [3.63, 3.8) is 0 Å². The van der Waals surface area contributed by atoms with Gasteiger partial charge in [0.15, 0.2) is 0 Å². The summed E-state index contributed by atoms with van der Waals surface area (Å²) in [6.07, 6.45) is 2.82. The van der Waals surface area contributed by atoms with Crippen LogP contribution < -0.4 is 5.32 Å². The third kappa shape index (κ3) is 2.83. The molecule has 17 heavy (non-hydrogen) atoms. The van der Waals surface area contributed by atoms with Crippen LogP contribution in [0.3, 0.4) is 0 Å². The van der Waals surface area contributed by atoms with Crippen molar-refractivity contribution in [2.24, 2.45) is 5.41 Å². The van der Waals surface area contributed by atoms with Crippen LogP contribution in [-0.2, 0) is 0 Å². The maximum absolute atomic E-state index is 6.30. The maximum atomic E-state index is 6.30. The van der Waals surface area contributed by atoms with Crippen LogP contribution in [0.25, 0.3) is 0 Å². The van der Waals surface area contributed by atoms with Crippen LogP contribution in [-0.4, -0.2) is 16.8 Å². The predicted molar refractivity (Wildman–Crippen MR) is 73.5 cm³/mol. The second-order valence-corrected chi connectivity index (χ2v) is 5.89. The summed E-state index contributed by atoms with van der Waals surface area (Å²) in [6.45, 7) is 11.0. The highest BCUT2D eigenvalue weighted by atomic mass is 35.5. The largest absolute Gasteiger partial charge is 0.311 e. The first-order valence-electron chi connectivity index (χ1n) is 6.25. The standard InChI is InChI=1S/C13H24ClN3/c1-7-13(4,5)12(15-6)11-10(14)8-16-17(11)9(2)3/h8-9,12,15H,7H2,1-6H3. The highest BCUT2D eigenvalue weighted by Gasteiger charge is 2.32. The van der Waals surface area contributed by atoms with Gasteiger partial charge < -0.3 is 5.32 Å². The summed E-state index contributed by atoms with van der Waals surface area (Å²) < 4.78 is 2.01. The van der Waals surface area contributed by atoms with Crippen LogP contribution in [0.5, 0.6) is 0 Å². The Balaban J connectivity index is 3.25. The molecule has 1 rings (SSSR count). The molecule has 0 aromatic carbocycles. The molecule has 0 bridgehead atoms. The lowest BCUT2D eigenvalue weighted by molar-refractivity contribution is 0.231. The molecule has 0 aliphatic carbocycles. The normalized spacial score (nSPS) is 14.4. The lowest BCUT2D eigenvalue weighted by Crippen LogP contribution is -2.34. The fourth-order valence-corrected chi connectivity index (χ4v) is 2.37. The van der Waals surface area contributed by atoms with Gasteiger partial charge in [0.25, 0.3) is 0 Å². The van der Waals surface area contributed by atoms with Gasteiger partial charge in [-0.2, -0.15) is 5.10 Å². The summed E-state index contributed by atoms with van der Waals surface area (Å²) in [5.74, 6) is 0. The Morgan fingerprint density at radius 3 is 2.47 bits per heavy atom. The molecular formula is C13H24ClN3. The first-order chi connectivity index (χ1) is 7.85. The maximum Gasteiger partial charge on any atom is 0.0834 e. The Bertz CT molecular complexity index is 369. The number of aromatic nitrogens is 2. The zero-order valence-corrected chi connectivity index (χ0v) is 12.5. The molecule has 0 aliphatic heterocycles. The summed E-state index contributed by atoms with van der Waals surface area (Å²) in [5.41, 5.74) is 1.24. The second kappa shape index (κ2) is 5.40. The zero-order valence-electron chi connectivity index (χ0n) is 11.7. The number of halogens is 1. The van der Waals surface area contributed by atoms with Crippen molar-refractivity contribution in [3.8, 4) is 0 Å². The lowest BCUT2D eigenvalue weighted by atomic mass is 9.80. The van der Waals surface area contributed by atoms with Gasteiger partial charge in [0.2, 0.25) is 0 Å². The van der Waals surface area contributed by atoms with Crippen molar-refractivity contribution in [2.45, 2.75) is 53.1 Å². The van der Waals surface area contributed by atoms with Gasteiger partial charge in [0.1, 0.15) is 0 Å². The van der Waals surface area contributed by atoms with E-state index in [4.69, 9.17) is 11.6 Å². The first kappa shape index (κ1) is 14.5. The molecule has 0 amide bonds. The Hall–Kier alpha value is -0.540. The number of hydrogen-bond donors (Lipinski definition) is 1. The summed E-state index contributed by atoms with van der Waals surface area (Å²) in [7, 11) is 1.98. The third-order valence-corrected chi connectivity index (χ3v) is 3.82. The van der Waals surface area contributed by atoms with Crippen molar-refractivity contribution in [3.05, 3.63) is 16.9 Å². The van der Waals surface area contributed by atoms with E-state index in [1.807, 2.05) is 11.7 Å². The molecule has 0 saturated heterocycles. The highest BCUT2D eigenvalue weighted by Crippen LogP contribution is 2.39. The molecule has 1 heterocycles. The number of hydrogen-bond acceptors (Lipinski definition) is 2. The second-order valence-electron chi connectivity index (χ2n) is 5.48. The molecule has 0 aliphatic rings. The van der Waals surface area contributed by atoms with Crippen molar-refractivity contribution >= 4 is 11.6 Å². The minimum Gasteiger partial charge on any atom is -0.311 e. The van der Waals surface area contributed by atoms with E-state index in [1.165, 1.54) is 0 Å². The van der Waals surface area contributed by atoms with E-state index >= 15 is 0 Å². The summed E-state index contributed by atoms with van der Waals surface area (Å²) in [5, 5.41) is 8.51. The third-order valence-electron chi connectivity index (χ3n) is 3.53. The smallest absolute Gasteiger partial charge is 0.0834 e. The Kier molecular flexibility index (Phi) is 4.62. The molecule has 3 nitrogen and oxygen atoms in total. The topological polar surface area (TPSA) is 29.9 Å². The van der Waals surface area contributed by atoms with Gasteiger partial charge in [0.05, 0.1) is 23.0 Å². The molecule has 1 unspecified atom stereocenters. The van der Waals surface area contributed by atoms with Gasteiger partial charge in [-0.25, -0.2) is 0 Å². The van der Waals surface area contributed by atoms with E-state index in [1.54, 1.807) is 6.20 Å². The minimum absolute atomic E-state index is 0.144. The SMILES string of the molecule is CCC(C)(C)C(NC)c1c(Cl)cnn1C(C)C. The van der Waals surface area contributed by atoms with Crippen molar-refractivity contribution in [2.75, 3.05) is 7.05 Å². The molecule has 0 radical (unpaired) electrons. The molecule has 1 aromatic rings. The van der Waals surface area contributed by atoms with Crippen molar-refractivity contribution in [1.29, 1.82) is 0 Å². The van der Waals surface area contributed by atoms with Crippen LogP contribution in [0.4, 0.5) is 0 Å². The molecular weight excluding hydrogens is 234 g/mol. The van der Waals surface area contributed by atoms with Crippen molar-refractivity contribution in [1.82, 2.24) is 15.1 Å². The van der Waals surface area contributed by atoms with E-state index in [2.05, 4.69) is 45.0 Å². The predicted octanol–water partition coefficient (Wildman–Crippen LogP) is 3.81. The summed E-state index contributed by atoms with van der Waals surface area (Å²) in [4.78, 5) is 0. The van der Waals surface area contributed by atoms with Crippen LogP contribution in [0.2, 0.25) is 5.02 Å². The van der Waals surface area contributed by atoms with Crippen LogP contribution in [0.1, 0.15) is 58.8 Å². The van der Waals surface area contributed by atoms with Gasteiger partial charge in [-0.05, 0) is 32.7 Å². The van der Waals surface area contributed by atoms with E-state index < -0.39 is 0 Å². The van der Waals surface area contributed by atoms with Crippen LogP contribution in [0, 0.1) is 5.41 Å². The molecule has 0 fully saturated rings. The summed E-state index contributed by atoms with van der Waals surface area (Å²) in [6, 6.07) is 0.533. The van der Waals surface area contributed by atoms with Gasteiger partial charge in [0, 0.05) is 6.04 Å². The zero-order chi connectivity index (χ0) is 13.2. The minimum atomic E-state index is 0.144. The Morgan fingerprint density at radius 2 is 2.06 bits per heavy atom. The first-order valence-corrected chi connectivity index (χ1v) is 6.63. The molecule has 1 N–H and O–H groups in total. The molecule has 1 aromatic heterocycles. The number of nitrogens with one attached hydrogen (secondary N) is 1. The highest BCUT2D eigenvalue weighted by molar-refractivity contribution is 6.31. The summed E-state index contributed by atoms with van der Waals surface area (Å²) >= 11 is 6.30. The van der Waals surface area contributed by atoms with E-state index in [0.29, 0.717) is 6.04 Å². The molecule has 0 spiro atoms. The van der Waals surface area contributed by atoms with Gasteiger partial charge in [-0.1, -0.05) is 32.4 Å². The molecule has 98 valence electrons. The Morgan fingerprint density at radius 1 is 1.47 bits per heavy atom. The average Bonchev–Trinajstić information content (AvgIpc) is 2.62. The molecule has 1 atom stereocenters. The van der Waals surface area contributed by atoms with Crippen LogP contribution >= 0.6 is 11.6 Å². The number of rotatable bonds is 5. The van der Waals surface area contributed by atoms with E-state index in [0.717, 1.165) is 17.1 Å². The van der Waals surface area contributed by atoms with Gasteiger partial charge in [-0.3, -0.25) is 4.68 Å². The Labute approximate surface area is 110 Å².